The molecule has 0 spiro atoms. The number of anilines is 1. The van der Waals surface area contributed by atoms with Crippen LogP contribution in [0.3, 0.4) is 0 Å². The summed E-state index contributed by atoms with van der Waals surface area (Å²) in [5, 5.41) is 8.78. The Morgan fingerprint density at radius 1 is 0.618 bits per heavy atom. The van der Waals surface area contributed by atoms with Gasteiger partial charge in [0.05, 0.1) is 56.5 Å². The minimum absolute atomic E-state index is 0. The fourth-order valence-corrected chi connectivity index (χ4v) is 11.3. The molecule has 0 aliphatic carbocycles. The summed E-state index contributed by atoms with van der Waals surface area (Å²) in [6.45, 7) is 9.40. The van der Waals surface area contributed by atoms with Crippen LogP contribution >= 0.6 is 0 Å². The van der Waals surface area contributed by atoms with E-state index in [1.807, 2.05) is 84.9 Å². The van der Waals surface area contributed by atoms with Crippen molar-refractivity contribution >= 4 is 39.1 Å². The molecule has 10 rings (SSSR count). The van der Waals surface area contributed by atoms with E-state index in [1.165, 1.54) is 28.1 Å². The molecule has 3 aliphatic heterocycles. The second-order valence-electron chi connectivity index (χ2n) is 21.4. The Morgan fingerprint density at radius 3 is 1.69 bits per heavy atom. The SMILES string of the molecule is C.COCCOc1ccccc1/C=C/C1NCCc2cc(OCc3ccccc3)c(OC)cc21.COCCOc1ccccc1C=O.COc1cc2c(cc1OCc1ccccc1)CCN(C(=O)OC(C)(C)C)C2CS(=O)(=O)C1=NNNN1c1ccccc1. The van der Waals surface area contributed by atoms with Crippen LogP contribution in [-0.4, -0.2) is 110 Å². The highest BCUT2D eigenvalue weighted by molar-refractivity contribution is 8.06. The predicted molar refractivity (Wildman–Crippen MR) is 347 cm³/mol. The monoisotopic (exact) mass is 1230 g/mol. The van der Waals surface area contributed by atoms with Crippen molar-refractivity contribution in [2.45, 2.75) is 71.9 Å². The zero-order valence-corrected chi connectivity index (χ0v) is 51.6. The highest BCUT2D eigenvalue weighted by Gasteiger charge is 2.41. The van der Waals surface area contributed by atoms with Gasteiger partial charge in [-0.3, -0.25) is 9.69 Å². The van der Waals surface area contributed by atoms with Gasteiger partial charge in [0.25, 0.3) is 5.17 Å². The Morgan fingerprint density at radius 2 is 1.13 bits per heavy atom. The average Bonchev–Trinajstić information content (AvgIpc) is 2.48. The van der Waals surface area contributed by atoms with Crippen LogP contribution in [0.25, 0.3) is 6.08 Å². The number of benzene rings is 7. The third-order valence-electron chi connectivity index (χ3n) is 14.1. The van der Waals surface area contributed by atoms with Crippen LogP contribution in [0.15, 0.2) is 175 Å². The lowest BCUT2D eigenvalue weighted by Gasteiger charge is -2.38. The number of rotatable bonds is 22. The van der Waals surface area contributed by atoms with Crippen LogP contribution in [-0.2, 0) is 50.1 Å². The number of hydrazine groups is 2. The van der Waals surface area contributed by atoms with Gasteiger partial charge in [0.15, 0.2) is 29.3 Å². The topological polar surface area (TPSA) is 206 Å². The third-order valence-corrected chi connectivity index (χ3v) is 15.7. The van der Waals surface area contributed by atoms with E-state index in [9.17, 15) is 18.0 Å². The number of carbonyl (C=O) groups is 2. The molecule has 0 saturated carbocycles. The summed E-state index contributed by atoms with van der Waals surface area (Å²) in [5.41, 5.74) is 12.9. The molecule has 2 unspecified atom stereocenters. The van der Waals surface area contributed by atoms with E-state index in [1.54, 1.807) is 90.6 Å². The van der Waals surface area contributed by atoms with Gasteiger partial charge in [-0.25, -0.2) is 23.8 Å². The quantitative estimate of drug-likeness (QED) is 0.0426. The minimum atomic E-state index is -4.06. The summed E-state index contributed by atoms with van der Waals surface area (Å²) in [6.07, 6.45) is 5.91. The molecule has 0 bridgehead atoms. The van der Waals surface area contributed by atoms with Crippen LogP contribution in [0.2, 0.25) is 0 Å². The van der Waals surface area contributed by atoms with Crippen molar-refractivity contribution in [3.8, 4) is 34.5 Å². The van der Waals surface area contributed by atoms with Crippen LogP contribution in [0.5, 0.6) is 34.5 Å². The fourth-order valence-electron chi connectivity index (χ4n) is 9.80. The van der Waals surface area contributed by atoms with Gasteiger partial charge in [0.2, 0.25) is 9.84 Å². The van der Waals surface area contributed by atoms with E-state index in [2.05, 4.69) is 64.0 Å². The fraction of sp³-hybridized carbons (Fsp3) is 0.319. The van der Waals surface area contributed by atoms with Crippen molar-refractivity contribution in [3.63, 3.8) is 0 Å². The van der Waals surface area contributed by atoms with Crippen molar-refractivity contribution in [2.24, 2.45) is 5.10 Å². The maximum Gasteiger partial charge on any atom is 0.410 e. The van der Waals surface area contributed by atoms with E-state index in [-0.39, 0.29) is 25.2 Å². The summed E-state index contributed by atoms with van der Waals surface area (Å²) in [7, 11) is 2.44. The van der Waals surface area contributed by atoms with Gasteiger partial charge >= 0.3 is 6.09 Å². The van der Waals surface area contributed by atoms with Crippen LogP contribution < -0.4 is 49.8 Å². The molecule has 3 heterocycles. The number of nitrogens with one attached hydrogen (secondary N) is 3. The summed E-state index contributed by atoms with van der Waals surface area (Å²) in [6, 6.07) is 51.1. The van der Waals surface area contributed by atoms with Crippen LogP contribution in [0.4, 0.5) is 10.5 Å². The molecule has 1 amide bonds. The highest BCUT2D eigenvalue weighted by Crippen LogP contribution is 2.41. The number of hydrazone groups is 1. The number of carbonyl (C=O) groups excluding carboxylic acids is 2. The number of amidine groups is 1. The first-order chi connectivity index (χ1) is 42.7. The number of aldehydes is 1. The predicted octanol–water partition coefficient (Wildman–Crippen LogP) is 11.7. The van der Waals surface area contributed by atoms with E-state index in [0.29, 0.717) is 80.1 Å². The number of hydrogen-bond acceptors (Lipinski definition) is 18. The lowest BCUT2D eigenvalue weighted by molar-refractivity contribution is 0.0162. The van der Waals surface area contributed by atoms with Crippen molar-refractivity contribution in [2.75, 3.05) is 78.7 Å². The first-order valence-corrected chi connectivity index (χ1v) is 30.6. The summed E-state index contributed by atoms with van der Waals surface area (Å²) >= 11 is 0. The zero-order valence-electron chi connectivity index (χ0n) is 50.8. The molecule has 472 valence electrons. The van der Waals surface area contributed by atoms with Crippen molar-refractivity contribution < 1.29 is 60.6 Å². The Hall–Kier alpha value is -8.92. The molecule has 3 aliphatic rings. The second-order valence-corrected chi connectivity index (χ2v) is 23.3. The molecule has 0 radical (unpaired) electrons. The summed E-state index contributed by atoms with van der Waals surface area (Å²) in [5.74, 6) is 3.52. The number of nitrogens with zero attached hydrogens (tertiary/aromatic N) is 3. The standard InChI is InChI=1S/C30H35N5O6S.C28H31NO4.C10H12O3.CH4/c1-30(2,3)41-29(36)34-16-15-22-17-27(40-19-21-11-7-5-8-12-21)26(39-4)18-24(22)25(34)20-42(37,38)28-31-32-33-35(28)23-13-9-6-10-14-23;1-30-16-17-32-26-11-7-6-10-22(26)12-13-25-24-19-27(31-2)28(18-23(24)14-15-29-25)33-20-21-8-4-3-5-9-21;1-12-6-7-13-10-5-3-2-4-9(10)8-11;/h5-14,17-18,25,32-33H,15-16,19-20H2,1-4H3;3-13,18-19,25,29H,14-17,20H2,1-2H3;2-5,8H,6-7H2,1H3;1H4/b;13-12+;;. The van der Waals surface area contributed by atoms with E-state index in [4.69, 9.17) is 42.6 Å². The molecule has 3 N–H and O–H groups in total. The molecule has 7 aromatic rings. The van der Waals surface area contributed by atoms with Crippen LogP contribution in [0, 0.1) is 0 Å². The van der Waals surface area contributed by atoms with Gasteiger partial charge in [0.1, 0.15) is 43.5 Å². The molecule has 7 aromatic carbocycles. The third kappa shape index (κ3) is 19.0. The largest absolute Gasteiger partial charge is 0.493 e. The number of hydrogen-bond donors (Lipinski definition) is 3. The van der Waals surface area contributed by atoms with Crippen molar-refractivity contribution in [3.05, 3.63) is 214 Å². The summed E-state index contributed by atoms with van der Waals surface area (Å²) < 4.78 is 78.2. The van der Waals surface area contributed by atoms with E-state index >= 15 is 0 Å². The van der Waals surface area contributed by atoms with Gasteiger partial charge in [-0.15, -0.1) is 10.6 Å². The zero-order chi connectivity index (χ0) is 62.3. The Balaban J connectivity index is 0.000000213. The van der Waals surface area contributed by atoms with Gasteiger partial charge < -0.3 is 47.9 Å². The first kappa shape index (κ1) is 67.6. The average molecular weight is 1240 g/mol. The first-order valence-electron chi connectivity index (χ1n) is 28.9. The lowest BCUT2D eigenvalue weighted by Crippen LogP contribution is -2.48. The highest BCUT2D eigenvalue weighted by atomic mass is 32.2. The minimum Gasteiger partial charge on any atom is -0.493 e. The number of methoxy groups -OCH3 is 4. The van der Waals surface area contributed by atoms with Gasteiger partial charge in [0, 0.05) is 32.9 Å². The Labute approximate surface area is 523 Å². The molecule has 2 atom stereocenters. The smallest absolute Gasteiger partial charge is 0.410 e. The maximum absolute atomic E-state index is 13.9. The maximum atomic E-state index is 13.9. The van der Waals surface area contributed by atoms with Crippen molar-refractivity contribution in [1.29, 1.82) is 0 Å². The van der Waals surface area contributed by atoms with E-state index in [0.717, 1.165) is 58.8 Å². The van der Waals surface area contributed by atoms with Gasteiger partial charge in [-0.05, 0) is 122 Å². The van der Waals surface area contributed by atoms with Gasteiger partial charge in [-0.1, -0.05) is 129 Å². The van der Waals surface area contributed by atoms with Crippen molar-refractivity contribution in [1.82, 2.24) is 21.3 Å². The molecule has 0 saturated heterocycles. The molecule has 0 aromatic heterocycles. The normalized spacial score (nSPS) is 15.0. The molecule has 89 heavy (non-hydrogen) atoms. The molecular weight excluding hydrogens is 1150 g/mol. The Kier molecular flexibility index (Phi) is 25.4. The number of fused-ring (bicyclic) bond motifs is 2. The second kappa shape index (κ2) is 33.4. The number of ether oxygens (including phenoxy) is 9. The van der Waals surface area contributed by atoms with E-state index < -0.39 is 33.3 Å². The molecular formula is C69H82N6O13S. The lowest BCUT2D eigenvalue weighted by atomic mass is 9.93. The molecule has 20 heteroatoms. The molecule has 0 fully saturated rings. The number of sulfone groups is 1. The summed E-state index contributed by atoms with van der Waals surface area (Å²) in [4.78, 5) is 25.4. The Bertz CT molecular complexity index is 3550. The molecule has 19 nitrogen and oxygen atoms in total. The van der Waals surface area contributed by atoms with Crippen LogP contribution in [0.1, 0.15) is 89.6 Å². The number of para-hydroxylation sites is 3. The van der Waals surface area contributed by atoms with Gasteiger partial charge in [-0.2, -0.15) is 0 Å². The number of amides is 1.